The van der Waals surface area contributed by atoms with Crippen molar-refractivity contribution in [3.63, 3.8) is 0 Å². The van der Waals surface area contributed by atoms with Crippen LogP contribution < -0.4 is 0 Å². The normalized spacial score (nSPS) is 16.2. The summed E-state index contributed by atoms with van der Waals surface area (Å²) in [4.78, 5) is 0. The minimum absolute atomic E-state index is 0.345. The van der Waals surface area contributed by atoms with Gasteiger partial charge in [-0.3, -0.25) is 0 Å². The van der Waals surface area contributed by atoms with Crippen molar-refractivity contribution in [2.75, 3.05) is 0 Å². The lowest BCUT2D eigenvalue weighted by atomic mass is 9.69. The standard InChI is InChI=1S/C48H31NS/c1-2-15-37-35(13-1)36-14-3-4-16-38(36)43-28-31(23-25-39(37)43)30-11-9-12-33(27-30)49-45-21-7-5-17-40(45)44-29-32(24-26-46(44)49)34-19-10-20-42-41-18-6-8-22-47(41)50-48(34)42/h1-29,36,38H. The first kappa shape index (κ1) is 27.9. The van der Waals surface area contributed by atoms with Crippen LogP contribution in [0.5, 0.6) is 0 Å². The number of aromatic nitrogens is 1. The van der Waals surface area contributed by atoms with Crippen LogP contribution in [0.4, 0.5) is 0 Å². The van der Waals surface area contributed by atoms with Crippen LogP contribution in [0.25, 0.3) is 81.0 Å². The average molecular weight is 654 g/mol. The summed E-state index contributed by atoms with van der Waals surface area (Å²) in [5.74, 6) is 0.719. The van der Waals surface area contributed by atoms with Gasteiger partial charge < -0.3 is 4.57 Å². The van der Waals surface area contributed by atoms with Crippen molar-refractivity contribution in [1.29, 1.82) is 0 Å². The van der Waals surface area contributed by atoms with E-state index in [0.717, 1.165) is 0 Å². The molecule has 0 radical (unpaired) electrons. The lowest BCUT2D eigenvalue weighted by molar-refractivity contribution is 0.720. The Kier molecular flexibility index (Phi) is 6.02. The molecule has 2 unspecified atom stereocenters. The lowest BCUT2D eigenvalue weighted by Crippen LogP contribution is -2.16. The molecule has 234 valence electrons. The van der Waals surface area contributed by atoms with Crippen LogP contribution in [0.1, 0.15) is 23.0 Å². The van der Waals surface area contributed by atoms with Gasteiger partial charge in [-0.1, -0.05) is 133 Å². The molecular weight excluding hydrogens is 623 g/mol. The molecule has 0 spiro atoms. The molecule has 7 aromatic carbocycles. The number of thiophene rings is 1. The fraction of sp³-hybridized carbons (Fsp3) is 0.0417. The van der Waals surface area contributed by atoms with Gasteiger partial charge in [0.1, 0.15) is 0 Å². The maximum absolute atomic E-state index is 2.44. The number of para-hydroxylation sites is 1. The van der Waals surface area contributed by atoms with Crippen molar-refractivity contribution in [3.05, 3.63) is 187 Å². The van der Waals surface area contributed by atoms with Gasteiger partial charge in [0.05, 0.1) is 11.0 Å². The Morgan fingerprint density at radius 3 is 2.04 bits per heavy atom. The zero-order valence-corrected chi connectivity index (χ0v) is 28.1. The summed E-state index contributed by atoms with van der Waals surface area (Å²) in [6.45, 7) is 0. The van der Waals surface area contributed by atoms with E-state index in [0.29, 0.717) is 11.8 Å². The molecule has 0 aliphatic heterocycles. The number of rotatable bonds is 3. The van der Waals surface area contributed by atoms with E-state index < -0.39 is 0 Å². The molecule has 2 atom stereocenters. The van der Waals surface area contributed by atoms with E-state index in [4.69, 9.17) is 0 Å². The number of benzene rings is 7. The van der Waals surface area contributed by atoms with Gasteiger partial charge in [0, 0.05) is 48.5 Å². The number of hydrogen-bond acceptors (Lipinski definition) is 1. The Labute approximate surface area is 294 Å². The van der Waals surface area contributed by atoms with E-state index in [9.17, 15) is 0 Å². The molecule has 50 heavy (non-hydrogen) atoms. The summed E-state index contributed by atoms with van der Waals surface area (Å²) in [7, 11) is 0. The first-order valence-electron chi connectivity index (χ1n) is 17.4. The smallest absolute Gasteiger partial charge is 0.0541 e. The van der Waals surface area contributed by atoms with Crippen LogP contribution in [-0.2, 0) is 0 Å². The zero-order valence-electron chi connectivity index (χ0n) is 27.3. The molecule has 2 aliphatic carbocycles. The minimum atomic E-state index is 0.345. The molecule has 1 nitrogen and oxygen atoms in total. The molecule has 0 fully saturated rings. The molecule has 2 heterocycles. The Morgan fingerprint density at radius 1 is 0.420 bits per heavy atom. The van der Waals surface area contributed by atoms with Crippen molar-refractivity contribution in [2.45, 2.75) is 11.8 Å². The first-order valence-corrected chi connectivity index (χ1v) is 18.2. The topological polar surface area (TPSA) is 4.93 Å². The third-order valence-electron chi connectivity index (χ3n) is 11.0. The maximum atomic E-state index is 2.44. The van der Waals surface area contributed by atoms with Gasteiger partial charge >= 0.3 is 0 Å². The molecule has 2 heteroatoms. The lowest BCUT2D eigenvalue weighted by Gasteiger charge is -2.34. The largest absolute Gasteiger partial charge is 0.309 e. The van der Waals surface area contributed by atoms with E-state index in [1.165, 1.54) is 92.2 Å². The molecule has 9 aromatic rings. The highest BCUT2D eigenvalue weighted by molar-refractivity contribution is 7.26. The zero-order chi connectivity index (χ0) is 32.8. The van der Waals surface area contributed by atoms with Crippen LogP contribution in [-0.4, -0.2) is 4.57 Å². The van der Waals surface area contributed by atoms with E-state index >= 15 is 0 Å². The van der Waals surface area contributed by atoms with E-state index in [1.54, 1.807) is 0 Å². The Hall–Kier alpha value is -5.96. The molecule has 2 aromatic heterocycles. The Bertz CT molecular complexity index is 2900. The predicted molar refractivity (Wildman–Crippen MR) is 214 cm³/mol. The van der Waals surface area contributed by atoms with E-state index in [2.05, 4.69) is 181 Å². The summed E-state index contributed by atoms with van der Waals surface area (Å²) in [5, 5.41) is 5.22. The van der Waals surface area contributed by atoms with Gasteiger partial charge in [0.15, 0.2) is 0 Å². The molecular formula is C48H31NS. The second-order valence-corrected chi connectivity index (χ2v) is 14.7. The van der Waals surface area contributed by atoms with Gasteiger partial charge in [0.25, 0.3) is 0 Å². The van der Waals surface area contributed by atoms with Crippen molar-refractivity contribution < 1.29 is 0 Å². The third kappa shape index (κ3) is 4.06. The fourth-order valence-electron chi connectivity index (χ4n) is 8.72. The van der Waals surface area contributed by atoms with E-state index in [-0.39, 0.29) is 0 Å². The van der Waals surface area contributed by atoms with Crippen LogP contribution >= 0.6 is 11.3 Å². The van der Waals surface area contributed by atoms with Gasteiger partial charge in [-0.15, -0.1) is 11.3 Å². The minimum Gasteiger partial charge on any atom is -0.309 e. The highest BCUT2D eigenvalue weighted by atomic mass is 32.1. The maximum Gasteiger partial charge on any atom is 0.0541 e. The molecule has 11 rings (SSSR count). The van der Waals surface area contributed by atoms with Gasteiger partial charge in [0.2, 0.25) is 0 Å². The van der Waals surface area contributed by atoms with Crippen molar-refractivity contribution in [2.24, 2.45) is 0 Å². The van der Waals surface area contributed by atoms with Gasteiger partial charge in [-0.25, -0.2) is 0 Å². The van der Waals surface area contributed by atoms with Gasteiger partial charge in [-0.05, 0) is 87.0 Å². The van der Waals surface area contributed by atoms with Gasteiger partial charge in [-0.2, -0.15) is 0 Å². The molecule has 0 saturated heterocycles. The molecule has 0 amide bonds. The van der Waals surface area contributed by atoms with Crippen LogP contribution in [0, 0.1) is 0 Å². The second-order valence-electron chi connectivity index (χ2n) is 13.6. The molecule has 0 N–H and O–H groups in total. The summed E-state index contributed by atoms with van der Waals surface area (Å²) in [6, 6.07) is 56.5. The number of fused-ring (bicyclic) bond motifs is 12. The predicted octanol–water partition coefficient (Wildman–Crippen LogP) is 13.5. The Balaban J connectivity index is 1.05. The first-order chi connectivity index (χ1) is 24.8. The third-order valence-corrected chi connectivity index (χ3v) is 12.2. The van der Waals surface area contributed by atoms with E-state index in [1.807, 2.05) is 11.3 Å². The second kappa shape index (κ2) is 10.8. The molecule has 2 aliphatic rings. The van der Waals surface area contributed by atoms with Crippen LogP contribution in [0.3, 0.4) is 0 Å². The monoisotopic (exact) mass is 653 g/mol. The summed E-state index contributed by atoms with van der Waals surface area (Å²) in [5.41, 5.74) is 14.2. The summed E-state index contributed by atoms with van der Waals surface area (Å²) in [6.07, 6.45) is 9.17. The van der Waals surface area contributed by atoms with Crippen molar-refractivity contribution in [1.82, 2.24) is 4.57 Å². The Morgan fingerprint density at radius 2 is 1.10 bits per heavy atom. The number of hydrogen-bond donors (Lipinski definition) is 0. The average Bonchev–Trinajstić information content (AvgIpc) is 3.73. The molecule has 0 bridgehead atoms. The van der Waals surface area contributed by atoms with Crippen LogP contribution in [0.2, 0.25) is 0 Å². The number of nitrogens with zero attached hydrogens (tertiary/aromatic N) is 1. The van der Waals surface area contributed by atoms with Crippen LogP contribution in [0.15, 0.2) is 176 Å². The highest BCUT2D eigenvalue weighted by Gasteiger charge is 2.31. The van der Waals surface area contributed by atoms with Crippen molar-refractivity contribution >= 4 is 53.3 Å². The summed E-state index contributed by atoms with van der Waals surface area (Å²) >= 11 is 1.89. The quantitative estimate of drug-likeness (QED) is 0.179. The van der Waals surface area contributed by atoms with Crippen molar-refractivity contribution in [3.8, 4) is 39.1 Å². The summed E-state index contributed by atoms with van der Waals surface area (Å²) < 4.78 is 5.13. The highest BCUT2D eigenvalue weighted by Crippen LogP contribution is 2.50. The molecule has 0 saturated carbocycles. The fourth-order valence-corrected chi connectivity index (χ4v) is 9.95. The number of allylic oxidation sites excluding steroid dienone is 4. The SMILES string of the molecule is C1=CC2c3ccccc3-c3ccc(-c4cccc(-n5c6ccccc6c6cc(-c7cccc8c7sc7ccccc78)ccc65)c4)cc3C2C=C1.